The first-order valence-electron chi connectivity index (χ1n) is 3.61. The first-order valence-corrected chi connectivity index (χ1v) is 3.61. The zero-order valence-corrected chi connectivity index (χ0v) is 6.84. The van der Waals surface area contributed by atoms with Crippen molar-refractivity contribution in [3.63, 3.8) is 0 Å². The number of hydrazine groups is 1. The van der Waals surface area contributed by atoms with Crippen LogP contribution in [0.5, 0.6) is 0 Å². The lowest BCUT2D eigenvalue weighted by Crippen LogP contribution is -2.32. The van der Waals surface area contributed by atoms with E-state index in [4.69, 9.17) is 16.7 Å². The van der Waals surface area contributed by atoms with Gasteiger partial charge in [0.25, 0.3) is 0 Å². The van der Waals surface area contributed by atoms with E-state index in [1.165, 1.54) is 11.0 Å². The summed E-state index contributed by atoms with van der Waals surface area (Å²) in [4.78, 5) is 14.3. The zero-order chi connectivity index (χ0) is 9.84. The van der Waals surface area contributed by atoms with E-state index >= 15 is 0 Å². The maximum Gasteiger partial charge on any atom is 0.320 e. The molecule has 0 aliphatic carbocycles. The van der Waals surface area contributed by atoms with Gasteiger partial charge in [-0.2, -0.15) is 0 Å². The Morgan fingerprint density at radius 2 is 2.54 bits per heavy atom. The van der Waals surface area contributed by atoms with Crippen LogP contribution in [0.3, 0.4) is 0 Å². The molecule has 6 N–H and O–H groups in total. The number of aliphatic carboxylic acids is 1. The highest BCUT2D eigenvalue weighted by Gasteiger charge is 2.13. The van der Waals surface area contributed by atoms with Gasteiger partial charge < -0.3 is 10.8 Å². The number of carboxylic acids is 1. The molecule has 0 aromatic carbocycles. The Labute approximate surface area is 74.3 Å². The first kappa shape index (κ1) is 9.49. The lowest BCUT2D eigenvalue weighted by atomic mass is 10.2. The molecule has 0 aliphatic heterocycles. The molecule has 1 heterocycles. The minimum atomic E-state index is -1.05. The fraction of sp³-hybridized carbons (Fsp3) is 0.333. The molecule has 1 atom stereocenters. The van der Waals surface area contributed by atoms with Gasteiger partial charge in [-0.05, 0) is 0 Å². The van der Waals surface area contributed by atoms with Crippen LogP contribution in [0.1, 0.15) is 5.69 Å². The lowest BCUT2D eigenvalue weighted by molar-refractivity contribution is -0.138. The number of hydrogen-bond acceptors (Lipinski definition) is 5. The SMILES string of the molecule is NNn1cnc(C[C@H](N)C(=O)O)c1. The topological polar surface area (TPSA) is 119 Å². The third kappa shape index (κ3) is 2.42. The second-order valence-corrected chi connectivity index (χ2v) is 2.55. The molecule has 0 radical (unpaired) electrons. The third-order valence-corrected chi connectivity index (χ3v) is 1.53. The number of hydrogen-bond donors (Lipinski definition) is 4. The number of imidazole rings is 1. The highest BCUT2D eigenvalue weighted by atomic mass is 16.4. The average Bonchev–Trinajstić information content (AvgIpc) is 2.52. The van der Waals surface area contributed by atoms with Crippen molar-refractivity contribution in [2.24, 2.45) is 11.6 Å². The third-order valence-electron chi connectivity index (χ3n) is 1.53. The molecular formula is C6H11N5O2. The molecule has 0 spiro atoms. The fourth-order valence-electron chi connectivity index (χ4n) is 0.852. The van der Waals surface area contributed by atoms with Crippen LogP contribution in [-0.4, -0.2) is 26.8 Å². The molecule has 7 heteroatoms. The van der Waals surface area contributed by atoms with E-state index in [0.29, 0.717) is 5.69 Å². The number of nitrogen functional groups attached to an aromatic ring is 1. The van der Waals surface area contributed by atoms with Gasteiger partial charge in [-0.15, -0.1) is 0 Å². The molecule has 0 amide bonds. The lowest BCUT2D eigenvalue weighted by Gasteiger charge is -2.02. The second kappa shape index (κ2) is 3.87. The summed E-state index contributed by atoms with van der Waals surface area (Å²) >= 11 is 0. The van der Waals surface area contributed by atoms with Crippen molar-refractivity contribution < 1.29 is 9.90 Å². The molecule has 7 nitrogen and oxygen atoms in total. The van der Waals surface area contributed by atoms with Crippen molar-refractivity contribution in [3.05, 3.63) is 18.2 Å². The Bertz CT molecular complexity index is 297. The summed E-state index contributed by atoms with van der Waals surface area (Å²) in [7, 11) is 0. The van der Waals surface area contributed by atoms with Crippen LogP contribution in [0.25, 0.3) is 0 Å². The number of nitrogens with zero attached hydrogens (tertiary/aromatic N) is 2. The van der Waals surface area contributed by atoms with Crippen molar-refractivity contribution in [2.45, 2.75) is 12.5 Å². The molecule has 0 fully saturated rings. The minimum absolute atomic E-state index is 0.185. The van der Waals surface area contributed by atoms with Gasteiger partial charge in [0, 0.05) is 6.42 Å². The highest BCUT2D eigenvalue weighted by Crippen LogP contribution is 1.97. The molecule has 72 valence electrons. The molecule has 1 aromatic heterocycles. The van der Waals surface area contributed by atoms with Crippen LogP contribution in [0.2, 0.25) is 0 Å². The number of carbonyl (C=O) groups is 1. The van der Waals surface area contributed by atoms with Gasteiger partial charge in [-0.25, -0.2) is 15.5 Å². The second-order valence-electron chi connectivity index (χ2n) is 2.55. The predicted molar refractivity (Wildman–Crippen MR) is 45.1 cm³/mol. The maximum atomic E-state index is 10.4. The summed E-state index contributed by atoms with van der Waals surface area (Å²) in [5, 5.41) is 8.51. The Kier molecular flexibility index (Phi) is 2.83. The summed E-state index contributed by atoms with van der Waals surface area (Å²) < 4.78 is 1.41. The molecular weight excluding hydrogens is 174 g/mol. The predicted octanol–water partition coefficient (Wildman–Crippen LogP) is -1.75. The summed E-state index contributed by atoms with van der Waals surface area (Å²) in [6.45, 7) is 0. The summed E-state index contributed by atoms with van der Waals surface area (Å²) in [5.41, 5.74) is 8.19. The molecule has 1 rings (SSSR count). The first-order chi connectivity index (χ1) is 6.13. The Morgan fingerprint density at radius 1 is 1.85 bits per heavy atom. The quantitative estimate of drug-likeness (QED) is 0.326. The van der Waals surface area contributed by atoms with Gasteiger partial charge in [0.15, 0.2) is 0 Å². The smallest absolute Gasteiger partial charge is 0.320 e. The van der Waals surface area contributed by atoms with Gasteiger partial charge >= 0.3 is 5.97 Å². The van der Waals surface area contributed by atoms with Crippen molar-refractivity contribution in [3.8, 4) is 0 Å². The highest BCUT2D eigenvalue weighted by molar-refractivity contribution is 5.73. The molecule has 0 bridgehead atoms. The average molecular weight is 185 g/mol. The van der Waals surface area contributed by atoms with Gasteiger partial charge in [0.2, 0.25) is 0 Å². The van der Waals surface area contributed by atoms with Gasteiger partial charge in [-0.3, -0.25) is 10.3 Å². The van der Waals surface area contributed by atoms with E-state index < -0.39 is 12.0 Å². The Morgan fingerprint density at radius 3 is 3.00 bits per heavy atom. The number of rotatable bonds is 4. The van der Waals surface area contributed by atoms with Crippen molar-refractivity contribution in [2.75, 3.05) is 5.53 Å². The van der Waals surface area contributed by atoms with Crippen LogP contribution in [0.4, 0.5) is 0 Å². The number of nitrogens with one attached hydrogen (secondary N) is 1. The zero-order valence-electron chi connectivity index (χ0n) is 6.84. The summed E-state index contributed by atoms with van der Waals surface area (Å²) in [5.74, 6) is 4.03. The molecule has 0 saturated carbocycles. The van der Waals surface area contributed by atoms with Gasteiger partial charge in [0.1, 0.15) is 12.4 Å². The van der Waals surface area contributed by atoms with E-state index in [1.807, 2.05) is 0 Å². The normalized spacial score (nSPS) is 12.5. The van der Waals surface area contributed by atoms with Crippen molar-refractivity contribution >= 4 is 5.97 Å². The van der Waals surface area contributed by atoms with Crippen molar-refractivity contribution in [1.29, 1.82) is 0 Å². The largest absolute Gasteiger partial charge is 0.480 e. The van der Waals surface area contributed by atoms with E-state index in [2.05, 4.69) is 10.5 Å². The van der Waals surface area contributed by atoms with Crippen molar-refractivity contribution in [1.82, 2.24) is 9.66 Å². The molecule has 13 heavy (non-hydrogen) atoms. The molecule has 0 unspecified atom stereocenters. The van der Waals surface area contributed by atoms with Crippen LogP contribution in [-0.2, 0) is 11.2 Å². The Hall–Kier alpha value is -1.60. The standard InChI is InChI=1S/C6H11N5O2/c7-5(6(12)13)1-4-2-11(10-8)3-9-4/h2-3,5,10H,1,7-8H2,(H,12,13)/t5-/m0/s1. The van der Waals surface area contributed by atoms with Gasteiger partial charge in [0.05, 0.1) is 11.9 Å². The molecule has 1 aromatic rings. The van der Waals surface area contributed by atoms with E-state index in [1.54, 1.807) is 6.20 Å². The summed E-state index contributed by atoms with van der Waals surface area (Å²) in [6, 6.07) is -0.930. The van der Waals surface area contributed by atoms with Crippen LogP contribution < -0.4 is 17.1 Å². The summed E-state index contributed by atoms with van der Waals surface area (Å²) in [6.07, 6.45) is 3.19. The monoisotopic (exact) mass is 185 g/mol. The molecule has 0 aliphatic rings. The maximum absolute atomic E-state index is 10.4. The molecule has 0 saturated heterocycles. The minimum Gasteiger partial charge on any atom is -0.480 e. The fourth-order valence-corrected chi connectivity index (χ4v) is 0.852. The van der Waals surface area contributed by atoms with E-state index in [-0.39, 0.29) is 6.42 Å². The van der Waals surface area contributed by atoms with E-state index in [0.717, 1.165) is 0 Å². The van der Waals surface area contributed by atoms with Crippen LogP contribution in [0, 0.1) is 0 Å². The Balaban J connectivity index is 2.58. The van der Waals surface area contributed by atoms with Gasteiger partial charge in [-0.1, -0.05) is 0 Å². The van der Waals surface area contributed by atoms with Crippen LogP contribution >= 0.6 is 0 Å². The number of aromatic nitrogens is 2. The van der Waals surface area contributed by atoms with E-state index in [9.17, 15) is 4.79 Å². The number of nitrogens with two attached hydrogens (primary N) is 2. The number of carboxylic acid groups (broad SMARTS) is 1. The van der Waals surface area contributed by atoms with Crippen LogP contribution in [0.15, 0.2) is 12.5 Å².